The number of benzene rings is 3. The Morgan fingerprint density at radius 1 is 0.914 bits per heavy atom. The Kier molecular flexibility index (Phi) is 7.23. The van der Waals surface area contributed by atoms with Crippen LogP contribution < -0.4 is 4.72 Å². The summed E-state index contributed by atoms with van der Waals surface area (Å²) in [5.41, 5.74) is 0.613. The standard InChI is InChI=1S/C27H31N3O4S/c1-19(2)25(28-35(33,34)24-14-13-21-9-7-8-12-23(21)17-24)27(32)29-15-16-30(20(3)18-29)26(31)22-10-5-4-6-11-22/h4-14,17,19-20,25,28H,15-16,18H2,1-3H3. The molecule has 1 aliphatic rings. The highest BCUT2D eigenvalue weighted by atomic mass is 32.2. The lowest BCUT2D eigenvalue weighted by atomic mass is 10.0. The quantitative estimate of drug-likeness (QED) is 0.569. The molecule has 2 atom stereocenters. The molecule has 2 amide bonds. The molecule has 35 heavy (non-hydrogen) atoms. The van der Waals surface area contributed by atoms with Crippen LogP contribution >= 0.6 is 0 Å². The molecular weight excluding hydrogens is 462 g/mol. The van der Waals surface area contributed by atoms with Crippen molar-refractivity contribution in [2.24, 2.45) is 5.92 Å². The van der Waals surface area contributed by atoms with E-state index in [2.05, 4.69) is 4.72 Å². The van der Waals surface area contributed by atoms with Gasteiger partial charge in [0.2, 0.25) is 15.9 Å². The number of rotatable bonds is 6. The van der Waals surface area contributed by atoms with Gasteiger partial charge in [-0.1, -0.05) is 62.4 Å². The molecule has 1 saturated heterocycles. The Morgan fingerprint density at radius 2 is 1.57 bits per heavy atom. The van der Waals surface area contributed by atoms with E-state index in [4.69, 9.17) is 0 Å². The number of carbonyl (C=O) groups is 2. The summed E-state index contributed by atoms with van der Waals surface area (Å²) < 4.78 is 29.1. The average molecular weight is 494 g/mol. The molecule has 3 aromatic rings. The van der Waals surface area contributed by atoms with Gasteiger partial charge in [-0.25, -0.2) is 8.42 Å². The fourth-order valence-electron chi connectivity index (χ4n) is 4.44. The molecule has 0 spiro atoms. The summed E-state index contributed by atoms with van der Waals surface area (Å²) in [5, 5.41) is 1.76. The molecular formula is C27H31N3O4S. The van der Waals surface area contributed by atoms with Crippen molar-refractivity contribution in [3.63, 3.8) is 0 Å². The van der Waals surface area contributed by atoms with Crippen molar-refractivity contribution >= 4 is 32.6 Å². The van der Waals surface area contributed by atoms with Gasteiger partial charge in [0.25, 0.3) is 5.91 Å². The van der Waals surface area contributed by atoms with E-state index >= 15 is 0 Å². The van der Waals surface area contributed by atoms with Gasteiger partial charge in [0.1, 0.15) is 6.04 Å². The number of hydrogen-bond donors (Lipinski definition) is 1. The van der Waals surface area contributed by atoms with Crippen molar-refractivity contribution in [2.75, 3.05) is 19.6 Å². The molecule has 1 N–H and O–H groups in total. The van der Waals surface area contributed by atoms with Gasteiger partial charge in [-0.15, -0.1) is 0 Å². The molecule has 0 radical (unpaired) electrons. The second-order valence-corrected chi connectivity index (χ2v) is 11.1. The lowest BCUT2D eigenvalue weighted by Crippen LogP contribution is -2.59. The minimum absolute atomic E-state index is 0.0670. The Labute approximate surface area is 206 Å². The van der Waals surface area contributed by atoms with Crippen molar-refractivity contribution in [3.05, 3.63) is 78.4 Å². The van der Waals surface area contributed by atoms with E-state index < -0.39 is 16.1 Å². The summed E-state index contributed by atoms with van der Waals surface area (Å²) in [4.78, 5) is 29.9. The van der Waals surface area contributed by atoms with Crippen molar-refractivity contribution in [2.45, 2.75) is 37.8 Å². The summed E-state index contributed by atoms with van der Waals surface area (Å²) in [5.74, 6) is -0.595. The number of piperazine rings is 1. The van der Waals surface area contributed by atoms with Crippen molar-refractivity contribution in [1.82, 2.24) is 14.5 Å². The zero-order valence-electron chi connectivity index (χ0n) is 20.2. The van der Waals surface area contributed by atoms with Crippen LogP contribution in [0.25, 0.3) is 10.8 Å². The highest BCUT2D eigenvalue weighted by molar-refractivity contribution is 7.89. The predicted octanol–water partition coefficient (Wildman–Crippen LogP) is 3.52. The number of nitrogens with zero attached hydrogens (tertiary/aromatic N) is 2. The number of carbonyl (C=O) groups excluding carboxylic acids is 2. The lowest BCUT2D eigenvalue weighted by molar-refractivity contribution is -0.136. The summed E-state index contributed by atoms with van der Waals surface area (Å²) in [7, 11) is -3.92. The first kappa shape index (κ1) is 24.9. The molecule has 2 unspecified atom stereocenters. The largest absolute Gasteiger partial charge is 0.337 e. The number of fused-ring (bicyclic) bond motifs is 1. The number of amides is 2. The maximum Gasteiger partial charge on any atom is 0.254 e. The molecule has 0 bridgehead atoms. The lowest BCUT2D eigenvalue weighted by Gasteiger charge is -2.41. The summed E-state index contributed by atoms with van der Waals surface area (Å²) in [6, 6.07) is 20.5. The van der Waals surface area contributed by atoms with Crippen LogP contribution in [0.3, 0.4) is 0 Å². The van der Waals surface area contributed by atoms with Crippen molar-refractivity contribution in [3.8, 4) is 0 Å². The number of hydrogen-bond acceptors (Lipinski definition) is 4. The molecule has 4 rings (SSSR count). The molecule has 1 heterocycles. The molecule has 3 aromatic carbocycles. The zero-order chi connectivity index (χ0) is 25.2. The monoisotopic (exact) mass is 493 g/mol. The molecule has 0 saturated carbocycles. The van der Waals surface area contributed by atoms with Gasteiger partial charge in [-0.2, -0.15) is 4.72 Å². The maximum atomic E-state index is 13.4. The van der Waals surface area contributed by atoms with Crippen LogP contribution in [-0.2, 0) is 14.8 Å². The number of sulfonamides is 1. The van der Waals surface area contributed by atoms with Gasteiger partial charge in [-0.3, -0.25) is 9.59 Å². The average Bonchev–Trinajstić information content (AvgIpc) is 2.86. The highest BCUT2D eigenvalue weighted by Gasteiger charge is 2.36. The van der Waals surface area contributed by atoms with E-state index in [-0.39, 0.29) is 28.7 Å². The SMILES string of the molecule is CC(C)C(NS(=O)(=O)c1ccc2ccccc2c1)C(=O)N1CCN(C(=O)c2ccccc2)C(C)C1. The fraction of sp³-hybridized carbons (Fsp3) is 0.333. The first-order valence-corrected chi connectivity index (χ1v) is 13.3. The molecule has 0 aromatic heterocycles. The van der Waals surface area contributed by atoms with Gasteiger partial charge in [0, 0.05) is 31.2 Å². The third-order valence-corrected chi connectivity index (χ3v) is 7.91. The first-order chi connectivity index (χ1) is 16.7. The third kappa shape index (κ3) is 5.39. The normalized spacial score (nSPS) is 17.5. The Morgan fingerprint density at radius 3 is 2.23 bits per heavy atom. The predicted molar refractivity (Wildman–Crippen MR) is 136 cm³/mol. The minimum atomic E-state index is -3.92. The van der Waals surface area contributed by atoms with E-state index in [9.17, 15) is 18.0 Å². The van der Waals surface area contributed by atoms with Crippen LogP contribution in [0.4, 0.5) is 0 Å². The van der Waals surface area contributed by atoms with E-state index in [1.807, 2.05) is 63.2 Å². The van der Waals surface area contributed by atoms with Crippen molar-refractivity contribution < 1.29 is 18.0 Å². The first-order valence-electron chi connectivity index (χ1n) is 11.8. The summed E-state index contributed by atoms with van der Waals surface area (Å²) >= 11 is 0. The van der Waals surface area contributed by atoms with E-state index in [1.54, 1.807) is 40.1 Å². The zero-order valence-corrected chi connectivity index (χ0v) is 21.0. The van der Waals surface area contributed by atoms with Crippen LogP contribution in [0.1, 0.15) is 31.1 Å². The molecule has 1 fully saturated rings. The third-order valence-electron chi connectivity index (χ3n) is 6.47. The van der Waals surface area contributed by atoms with Gasteiger partial charge < -0.3 is 9.80 Å². The van der Waals surface area contributed by atoms with Crippen molar-refractivity contribution in [1.29, 1.82) is 0 Å². The second kappa shape index (κ2) is 10.2. The van der Waals surface area contributed by atoms with Gasteiger partial charge >= 0.3 is 0 Å². The van der Waals surface area contributed by atoms with E-state index in [0.717, 1.165) is 10.8 Å². The Hall–Kier alpha value is -3.23. The van der Waals surface area contributed by atoms with Gasteiger partial charge in [0.15, 0.2) is 0 Å². The van der Waals surface area contributed by atoms with E-state index in [1.165, 1.54) is 0 Å². The Bertz CT molecular complexity index is 1320. The van der Waals surface area contributed by atoms with Crippen LogP contribution in [-0.4, -0.2) is 61.7 Å². The molecule has 184 valence electrons. The smallest absolute Gasteiger partial charge is 0.254 e. The summed E-state index contributed by atoms with van der Waals surface area (Å²) in [6.07, 6.45) is 0. The van der Waals surface area contributed by atoms with Crippen LogP contribution in [0.2, 0.25) is 0 Å². The maximum absolute atomic E-state index is 13.4. The van der Waals surface area contributed by atoms with Crippen LogP contribution in [0.15, 0.2) is 77.7 Å². The summed E-state index contributed by atoms with van der Waals surface area (Å²) in [6.45, 7) is 6.64. The molecule has 1 aliphatic heterocycles. The molecule has 0 aliphatic carbocycles. The molecule has 7 nitrogen and oxygen atoms in total. The van der Waals surface area contributed by atoms with Gasteiger partial charge in [0.05, 0.1) is 4.90 Å². The van der Waals surface area contributed by atoms with Crippen LogP contribution in [0.5, 0.6) is 0 Å². The topological polar surface area (TPSA) is 86.8 Å². The fourth-order valence-corrected chi connectivity index (χ4v) is 5.82. The molecule has 8 heteroatoms. The highest BCUT2D eigenvalue weighted by Crippen LogP contribution is 2.21. The number of nitrogens with one attached hydrogen (secondary N) is 1. The van der Waals surface area contributed by atoms with Crippen LogP contribution in [0, 0.1) is 5.92 Å². The van der Waals surface area contributed by atoms with E-state index in [0.29, 0.717) is 25.2 Å². The Balaban J connectivity index is 1.48. The second-order valence-electron chi connectivity index (χ2n) is 9.35. The van der Waals surface area contributed by atoms with Gasteiger partial charge in [-0.05, 0) is 47.9 Å². The minimum Gasteiger partial charge on any atom is -0.337 e.